The first-order valence-electron chi connectivity index (χ1n) is 12.1. The summed E-state index contributed by atoms with van der Waals surface area (Å²) in [6, 6.07) is 7.87. The minimum absolute atomic E-state index is 0.0125. The number of carbonyl (C=O) groups is 1. The third kappa shape index (κ3) is 4.49. The zero-order chi connectivity index (χ0) is 28.4. The van der Waals surface area contributed by atoms with Crippen LogP contribution in [0.15, 0.2) is 47.8 Å². The average Bonchev–Trinajstić information content (AvgIpc) is 3.31. The van der Waals surface area contributed by atoms with E-state index in [9.17, 15) is 22.0 Å². The fourth-order valence-corrected chi connectivity index (χ4v) is 6.56. The van der Waals surface area contributed by atoms with Crippen LogP contribution in [-0.4, -0.2) is 68.6 Å². The zero-order valence-corrected chi connectivity index (χ0v) is 23.1. The number of rotatable bonds is 7. The highest BCUT2D eigenvalue weighted by Crippen LogP contribution is 2.40. The van der Waals surface area contributed by atoms with E-state index in [-0.39, 0.29) is 21.6 Å². The summed E-state index contributed by atoms with van der Waals surface area (Å²) in [6.45, 7) is 1.83. The van der Waals surface area contributed by atoms with Gasteiger partial charge in [0.25, 0.3) is 12.3 Å². The molecule has 15 heteroatoms. The van der Waals surface area contributed by atoms with Crippen molar-refractivity contribution in [3.8, 4) is 16.4 Å². The van der Waals surface area contributed by atoms with Crippen LogP contribution >= 0.6 is 11.3 Å². The summed E-state index contributed by atoms with van der Waals surface area (Å²) in [6.07, 6.45) is 1.48. The number of sulfonamides is 1. The van der Waals surface area contributed by atoms with Gasteiger partial charge >= 0.3 is 0 Å². The van der Waals surface area contributed by atoms with Crippen molar-refractivity contribution >= 4 is 49.2 Å². The molecule has 4 heterocycles. The van der Waals surface area contributed by atoms with Gasteiger partial charge < -0.3 is 4.90 Å². The van der Waals surface area contributed by atoms with E-state index in [0.29, 0.717) is 44.5 Å². The van der Waals surface area contributed by atoms with Crippen LogP contribution in [0.4, 0.5) is 8.78 Å². The summed E-state index contributed by atoms with van der Waals surface area (Å²) in [4.78, 5) is 26.9. The number of fused-ring (bicyclic) bond motifs is 3. The molecule has 1 fully saturated rings. The second-order valence-corrected chi connectivity index (χ2v) is 12.6. The molecule has 1 N–H and O–H groups in total. The van der Waals surface area contributed by atoms with Crippen LogP contribution in [-0.2, 0) is 10.0 Å². The Balaban J connectivity index is 1.59. The number of aromatic nitrogens is 6. The lowest BCUT2D eigenvalue weighted by atomic mass is 10.1. The Kier molecular flexibility index (Phi) is 6.12. The minimum Gasteiger partial charge on any atom is -0.343 e. The molecular formula is C25H22F2N8O3S2. The van der Waals surface area contributed by atoms with Crippen molar-refractivity contribution in [1.29, 1.82) is 0 Å². The van der Waals surface area contributed by atoms with Crippen LogP contribution in [0.1, 0.15) is 41.7 Å². The first kappa shape index (κ1) is 26.3. The van der Waals surface area contributed by atoms with Gasteiger partial charge in [-0.1, -0.05) is 17.4 Å². The van der Waals surface area contributed by atoms with Crippen LogP contribution in [0.3, 0.4) is 0 Å². The standard InChI is InChI=1S/C25H22F2N8O3S2/c1-25(8-9-25)33-40(37,38)14-5-6-15-17(10-14)35(24-32-31-22(39-24)20(26)27)21-18(15)19(29-12-30-21)13-4-7-16(28-11-13)23(36)34(2)3/h4-7,10-12,20,33H,8-9H2,1-3H3. The summed E-state index contributed by atoms with van der Waals surface area (Å²) in [5.41, 5.74) is 1.50. The molecule has 0 atom stereocenters. The lowest BCUT2D eigenvalue weighted by Gasteiger charge is -2.12. The van der Waals surface area contributed by atoms with Crippen molar-refractivity contribution in [1.82, 2.24) is 39.3 Å². The fourth-order valence-electron chi connectivity index (χ4n) is 4.36. The highest BCUT2D eigenvalue weighted by molar-refractivity contribution is 7.89. The topological polar surface area (TPSA) is 136 Å². The zero-order valence-electron chi connectivity index (χ0n) is 21.5. The van der Waals surface area contributed by atoms with Crippen molar-refractivity contribution in [2.75, 3.05) is 14.1 Å². The molecule has 206 valence electrons. The molecule has 0 saturated heterocycles. The number of alkyl halides is 2. The van der Waals surface area contributed by atoms with Crippen LogP contribution in [0.2, 0.25) is 0 Å². The second kappa shape index (κ2) is 9.31. The van der Waals surface area contributed by atoms with Crippen molar-refractivity contribution in [3.05, 3.63) is 53.6 Å². The quantitative estimate of drug-likeness (QED) is 0.304. The largest absolute Gasteiger partial charge is 0.343 e. The molecule has 4 aromatic heterocycles. The Morgan fingerprint density at radius 3 is 2.52 bits per heavy atom. The third-order valence-electron chi connectivity index (χ3n) is 6.68. The van der Waals surface area contributed by atoms with Gasteiger partial charge in [-0.3, -0.25) is 14.3 Å². The number of hydrogen-bond donors (Lipinski definition) is 1. The predicted molar refractivity (Wildman–Crippen MR) is 144 cm³/mol. The molecule has 0 aliphatic heterocycles. The highest BCUT2D eigenvalue weighted by atomic mass is 32.2. The van der Waals surface area contributed by atoms with Gasteiger partial charge in [0.05, 0.1) is 21.5 Å². The van der Waals surface area contributed by atoms with Crippen molar-refractivity contribution in [2.24, 2.45) is 0 Å². The first-order chi connectivity index (χ1) is 19.0. The second-order valence-electron chi connectivity index (χ2n) is 9.96. The third-order valence-corrected chi connectivity index (χ3v) is 9.23. The molecule has 6 rings (SSSR count). The van der Waals surface area contributed by atoms with E-state index < -0.39 is 27.0 Å². The van der Waals surface area contributed by atoms with Gasteiger partial charge in [0.15, 0.2) is 10.7 Å². The van der Waals surface area contributed by atoms with Crippen molar-refractivity contribution < 1.29 is 22.0 Å². The smallest absolute Gasteiger partial charge is 0.291 e. The molecule has 0 radical (unpaired) electrons. The molecule has 1 aliphatic rings. The molecule has 1 aliphatic carbocycles. The van der Waals surface area contributed by atoms with E-state index in [0.717, 1.165) is 12.8 Å². The maximum absolute atomic E-state index is 13.4. The van der Waals surface area contributed by atoms with E-state index in [1.807, 2.05) is 6.92 Å². The molecule has 11 nitrogen and oxygen atoms in total. The molecule has 1 saturated carbocycles. The number of benzene rings is 1. The molecule has 0 unspecified atom stereocenters. The van der Waals surface area contributed by atoms with Crippen LogP contribution < -0.4 is 4.72 Å². The molecule has 1 aromatic carbocycles. The molecule has 5 aromatic rings. The number of halogens is 2. The van der Waals surface area contributed by atoms with E-state index in [1.165, 1.54) is 34.1 Å². The van der Waals surface area contributed by atoms with E-state index in [1.54, 1.807) is 32.3 Å². The molecule has 0 bridgehead atoms. The van der Waals surface area contributed by atoms with Crippen LogP contribution in [0, 0.1) is 0 Å². The van der Waals surface area contributed by atoms with Gasteiger partial charge in [-0.25, -0.2) is 31.9 Å². The van der Waals surface area contributed by atoms with Gasteiger partial charge in [-0.15, -0.1) is 10.2 Å². The molecule has 40 heavy (non-hydrogen) atoms. The Morgan fingerprint density at radius 1 is 1.12 bits per heavy atom. The normalized spacial score (nSPS) is 14.8. The number of nitrogens with one attached hydrogen (secondary N) is 1. The SMILES string of the molecule is CN(C)C(=O)c1ccc(-c2ncnc3c2c2ccc(S(=O)(=O)NC4(C)CC4)cc2n3-c2nnc(C(F)F)s2)cn1. The fraction of sp³-hybridized carbons (Fsp3) is 0.280. The summed E-state index contributed by atoms with van der Waals surface area (Å²) < 4.78 is 57.5. The Morgan fingerprint density at radius 2 is 1.90 bits per heavy atom. The number of hydrogen-bond acceptors (Lipinski definition) is 9. The van der Waals surface area contributed by atoms with Crippen LogP contribution in [0.5, 0.6) is 0 Å². The number of amides is 1. The first-order valence-corrected chi connectivity index (χ1v) is 14.4. The van der Waals surface area contributed by atoms with E-state index in [4.69, 9.17) is 0 Å². The van der Waals surface area contributed by atoms with Gasteiger partial charge in [0.1, 0.15) is 12.0 Å². The minimum atomic E-state index is -3.87. The molecule has 0 spiro atoms. The number of carbonyl (C=O) groups excluding carboxylic acids is 1. The Bertz CT molecular complexity index is 1900. The number of nitrogens with zero attached hydrogens (tertiary/aromatic N) is 7. The lowest BCUT2D eigenvalue weighted by molar-refractivity contribution is 0.0822. The monoisotopic (exact) mass is 584 g/mol. The maximum atomic E-state index is 13.4. The summed E-state index contributed by atoms with van der Waals surface area (Å²) in [7, 11) is -0.617. The summed E-state index contributed by atoms with van der Waals surface area (Å²) in [5.74, 6) is -0.260. The Hall–Kier alpha value is -3.95. The number of pyridine rings is 1. The van der Waals surface area contributed by atoms with E-state index in [2.05, 4.69) is 29.9 Å². The van der Waals surface area contributed by atoms with Crippen molar-refractivity contribution in [3.63, 3.8) is 0 Å². The molecular weight excluding hydrogens is 562 g/mol. The predicted octanol–water partition coefficient (Wildman–Crippen LogP) is 3.96. The maximum Gasteiger partial charge on any atom is 0.291 e. The summed E-state index contributed by atoms with van der Waals surface area (Å²) in [5, 5.41) is 8.31. The average molecular weight is 585 g/mol. The summed E-state index contributed by atoms with van der Waals surface area (Å²) >= 11 is 0.682. The lowest BCUT2D eigenvalue weighted by Crippen LogP contribution is -2.34. The Labute approximate surface area is 231 Å². The van der Waals surface area contributed by atoms with Gasteiger partial charge in [-0.05, 0) is 44.0 Å². The van der Waals surface area contributed by atoms with Gasteiger partial charge in [0.2, 0.25) is 15.2 Å². The van der Waals surface area contributed by atoms with Gasteiger partial charge in [-0.2, -0.15) is 0 Å². The van der Waals surface area contributed by atoms with E-state index >= 15 is 0 Å². The van der Waals surface area contributed by atoms with Crippen LogP contribution in [0.25, 0.3) is 38.3 Å². The van der Waals surface area contributed by atoms with Gasteiger partial charge in [0, 0.05) is 36.8 Å². The van der Waals surface area contributed by atoms with Crippen molar-refractivity contribution in [2.45, 2.75) is 36.6 Å². The molecule has 1 amide bonds. The highest BCUT2D eigenvalue weighted by Gasteiger charge is 2.41.